The van der Waals surface area contributed by atoms with Crippen molar-refractivity contribution in [2.45, 2.75) is 13.0 Å². The number of aromatic nitrogens is 2. The maximum absolute atomic E-state index is 6.21. The molecule has 4 heteroatoms. The quantitative estimate of drug-likeness (QED) is 0.874. The van der Waals surface area contributed by atoms with Crippen LogP contribution in [0.3, 0.4) is 0 Å². The van der Waals surface area contributed by atoms with Gasteiger partial charge in [0.1, 0.15) is 5.75 Å². The number of nitrogens with two attached hydrogens (primary N) is 1. The Bertz CT molecular complexity index is 493. The van der Waals surface area contributed by atoms with Crippen molar-refractivity contribution in [2.75, 3.05) is 6.61 Å². The van der Waals surface area contributed by atoms with Crippen LogP contribution in [0.4, 0.5) is 0 Å². The highest BCUT2D eigenvalue weighted by molar-refractivity contribution is 5.34. The highest BCUT2D eigenvalue weighted by atomic mass is 16.5. The van der Waals surface area contributed by atoms with E-state index < -0.39 is 0 Å². The first-order valence-electron chi connectivity index (χ1n) is 5.68. The average molecular weight is 231 g/mol. The van der Waals surface area contributed by atoms with Crippen LogP contribution in [0.15, 0.2) is 36.5 Å². The van der Waals surface area contributed by atoms with E-state index >= 15 is 0 Å². The van der Waals surface area contributed by atoms with Crippen molar-refractivity contribution in [1.82, 2.24) is 9.78 Å². The highest BCUT2D eigenvalue weighted by Gasteiger charge is 2.12. The summed E-state index contributed by atoms with van der Waals surface area (Å²) in [6.07, 6.45) is 1.75. The normalized spacial score (nSPS) is 12.4. The van der Waals surface area contributed by atoms with Gasteiger partial charge >= 0.3 is 0 Å². The van der Waals surface area contributed by atoms with Gasteiger partial charge in [0, 0.05) is 13.2 Å². The SMILES string of the molecule is CCOc1cccc(C(N)c2ccnn2C)c1. The first kappa shape index (κ1) is 11.7. The van der Waals surface area contributed by atoms with Gasteiger partial charge in [0.15, 0.2) is 0 Å². The summed E-state index contributed by atoms with van der Waals surface area (Å²) in [6, 6.07) is 9.61. The zero-order chi connectivity index (χ0) is 12.3. The van der Waals surface area contributed by atoms with Crippen LogP contribution in [0.1, 0.15) is 24.2 Å². The fourth-order valence-electron chi connectivity index (χ4n) is 1.82. The van der Waals surface area contributed by atoms with Gasteiger partial charge in [0.25, 0.3) is 0 Å². The lowest BCUT2D eigenvalue weighted by Gasteiger charge is -2.13. The van der Waals surface area contributed by atoms with E-state index in [1.165, 1.54) is 0 Å². The minimum absolute atomic E-state index is 0.178. The molecule has 1 atom stereocenters. The Kier molecular flexibility index (Phi) is 3.44. The van der Waals surface area contributed by atoms with Crippen LogP contribution in [-0.4, -0.2) is 16.4 Å². The van der Waals surface area contributed by atoms with Crippen molar-refractivity contribution >= 4 is 0 Å². The number of rotatable bonds is 4. The topological polar surface area (TPSA) is 53.1 Å². The van der Waals surface area contributed by atoms with Gasteiger partial charge < -0.3 is 10.5 Å². The fraction of sp³-hybridized carbons (Fsp3) is 0.308. The molecule has 0 aliphatic carbocycles. The molecule has 0 spiro atoms. The van der Waals surface area contributed by atoms with Gasteiger partial charge in [-0.15, -0.1) is 0 Å². The minimum Gasteiger partial charge on any atom is -0.494 e. The van der Waals surface area contributed by atoms with Crippen molar-refractivity contribution in [3.63, 3.8) is 0 Å². The zero-order valence-electron chi connectivity index (χ0n) is 10.1. The van der Waals surface area contributed by atoms with Gasteiger partial charge in [-0.3, -0.25) is 4.68 Å². The van der Waals surface area contributed by atoms with Crippen molar-refractivity contribution in [2.24, 2.45) is 12.8 Å². The van der Waals surface area contributed by atoms with Crippen LogP contribution in [0.2, 0.25) is 0 Å². The Morgan fingerprint density at radius 3 is 2.88 bits per heavy atom. The van der Waals surface area contributed by atoms with Crippen LogP contribution in [0.5, 0.6) is 5.75 Å². The van der Waals surface area contributed by atoms with Gasteiger partial charge in [0.05, 0.1) is 18.3 Å². The summed E-state index contributed by atoms with van der Waals surface area (Å²) in [6.45, 7) is 2.62. The second-order valence-electron chi connectivity index (χ2n) is 3.86. The lowest BCUT2D eigenvalue weighted by atomic mass is 10.0. The van der Waals surface area contributed by atoms with Crippen molar-refractivity contribution in [3.8, 4) is 5.75 Å². The Morgan fingerprint density at radius 1 is 1.41 bits per heavy atom. The van der Waals surface area contributed by atoms with Gasteiger partial charge in [-0.05, 0) is 30.7 Å². The molecule has 1 aromatic heterocycles. The van der Waals surface area contributed by atoms with E-state index in [0.717, 1.165) is 17.0 Å². The standard InChI is InChI=1S/C13H17N3O/c1-3-17-11-6-4-5-10(9-11)13(14)12-7-8-15-16(12)2/h4-9,13H,3,14H2,1-2H3. The highest BCUT2D eigenvalue weighted by Crippen LogP contribution is 2.22. The van der Waals surface area contributed by atoms with Gasteiger partial charge in [-0.1, -0.05) is 12.1 Å². The predicted molar refractivity (Wildman–Crippen MR) is 66.8 cm³/mol. The first-order valence-corrected chi connectivity index (χ1v) is 5.68. The lowest BCUT2D eigenvalue weighted by molar-refractivity contribution is 0.339. The summed E-state index contributed by atoms with van der Waals surface area (Å²) in [4.78, 5) is 0. The van der Waals surface area contributed by atoms with Crippen molar-refractivity contribution in [3.05, 3.63) is 47.8 Å². The number of hydrogen-bond donors (Lipinski definition) is 1. The second-order valence-corrected chi connectivity index (χ2v) is 3.86. The van der Waals surface area contributed by atoms with E-state index in [4.69, 9.17) is 10.5 Å². The van der Waals surface area contributed by atoms with E-state index in [1.54, 1.807) is 10.9 Å². The van der Waals surface area contributed by atoms with E-state index in [9.17, 15) is 0 Å². The lowest BCUT2D eigenvalue weighted by Crippen LogP contribution is -2.15. The Morgan fingerprint density at radius 2 is 2.24 bits per heavy atom. The fourth-order valence-corrected chi connectivity index (χ4v) is 1.82. The summed E-state index contributed by atoms with van der Waals surface area (Å²) in [5, 5.41) is 4.13. The molecular weight excluding hydrogens is 214 g/mol. The van der Waals surface area contributed by atoms with E-state index in [0.29, 0.717) is 6.61 Å². The molecular formula is C13H17N3O. The number of hydrogen-bond acceptors (Lipinski definition) is 3. The molecule has 0 saturated carbocycles. The van der Waals surface area contributed by atoms with Gasteiger partial charge in [-0.25, -0.2) is 0 Å². The zero-order valence-corrected chi connectivity index (χ0v) is 10.1. The Balaban J connectivity index is 2.28. The molecule has 17 heavy (non-hydrogen) atoms. The third-order valence-corrected chi connectivity index (χ3v) is 2.71. The number of aryl methyl sites for hydroxylation is 1. The summed E-state index contributed by atoms with van der Waals surface area (Å²) in [5.41, 5.74) is 8.22. The van der Waals surface area contributed by atoms with Crippen LogP contribution < -0.4 is 10.5 Å². The third-order valence-electron chi connectivity index (χ3n) is 2.71. The first-order chi connectivity index (χ1) is 8.22. The maximum Gasteiger partial charge on any atom is 0.119 e. The Hall–Kier alpha value is -1.81. The number of benzene rings is 1. The monoisotopic (exact) mass is 231 g/mol. The van der Waals surface area contributed by atoms with Crippen LogP contribution >= 0.6 is 0 Å². The van der Waals surface area contributed by atoms with Crippen molar-refractivity contribution < 1.29 is 4.74 Å². The predicted octanol–water partition coefficient (Wildman–Crippen LogP) is 1.87. The number of ether oxygens (including phenoxy) is 1. The summed E-state index contributed by atoms with van der Waals surface area (Å²) >= 11 is 0. The maximum atomic E-state index is 6.21. The van der Waals surface area contributed by atoms with Crippen molar-refractivity contribution in [1.29, 1.82) is 0 Å². The molecule has 1 heterocycles. The number of nitrogens with zero attached hydrogens (tertiary/aromatic N) is 2. The Labute approximate surface area is 101 Å². The molecule has 0 amide bonds. The molecule has 90 valence electrons. The molecule has 0 radical (unpaired) electrons. The minimum atomic E-state index is -0.178. The molecule has 0 saturated heterocycles. The molecule has 0 aliphatic heterocycles. The molecule has 1 unspecified atom stereocenters. The molecule has 0 fully saturated rings. The molecule has 0 aliphatic rings. The summed E-state index contributed by atoms with van der Waals surface area (Å²) in [5.74, 6) is 0.850. The van der Waals surface area contributed by atoms with E-state index in [1.807, 2.05) is 44.3 Å². The summed E-state index contributed by atoms with van der Waals surface area (Å²) < 4.78 is 7.26. The van der Waals surface area contributed by atoms with Gasteiger partial charge in [-0.2, -0.15) is 5.10 Å². The van der Waals surface area contributed by atoms with E-state index in [2.05, 4.69) is 5.10 Å². The van der Waals surface area contributed by atoms with Crippen LogP contribution in [0.25, 0.3) is 0 Å². The van der Waals surface area contributed by atoms with Gasteiger partial charge in [0.2, 0.25) is 0 Å². The molecule has 2 rings (SSSR count). The second kappa shape index (κ2) is 5.01. The third kappa shape index (κ3) is 2.47. The smallest absolute Gasteiger partial charge is 0.119 e. The largest absolute Gasteiger partial charge is 0.494 e. The molecule has 2 aromatic rings. The van der Waals surface area contributed by atoms with E-state index in [-0.39, 0.29) is 6.04 Å². The van der Waals surface area contributed by atoms with Crippen LogP contribution in [-0.2, 0) is 7.05 Å². The molecule has 4 nitrogen and oxygen atoms in total. The average Bonchev–Trinajstić information content (AvgIpc) is 2.75. The summed E-state index contributed by atoms with van der Waals surface area (Å²) in [7, 11) is 1.89. The molecule has 2 N–H and O–H groups in total. The van der Waals surface area contributed by atoms with Crippen LogP contribution in [0, 0.1) is 0 Å². The molecule has 1 aromatic carbocycles. The molecule has 0 bridgehead atoms.